The predicted molar refractivity (Wildman–Crippen MR) is 120 cm³/mol. The van der Waals surface area contributed by atoms with Crippen molar-refractivity contribution in [1.29, 1.82) is 0 Å². The first-order valence-corrected chi connectivity index (χ1v) is 10.8. The summed E-state index contributed by atoms with van der Waals surface area (Å²) in [5, 5.41) is 2.88. The minimum Gasteiger partial charge on any atom is -0.366 e. The number of aromatic nitrogens is 2. The zero-order valence-corrected chi connectivity index (χ0v) is 17.9. The summed E-state index contributed by atoms with van der Waals surface area (Å²) in [5.74, 6) is 0.920. The number of nitrogens with one attached hydrogen (secondary N) is 1. The van der Waals surface area contributed by atoms with Crippen molar-refractivity contribution in [1.82, 2.24) is 9.97 Å². The molecule has 1 fully saturated rings. The van der Waals surface area contributed by atoms with E-state index in [1.54, 1.807) is 29.3 Å². The van der Waals surface area contributed by atoms with Crippen molar-refractivity contribution < 1.29 is 18.0 Å². The Hall–Kier alpha value is -3.62. The second kappa shape index (κ2) is 8.06. The third-order valence-electron chi connectivity index (χ3n) is 6.12. The molecule has 2 aliphatic rings. The lowest BCUT2D eigenvalue weighted by molar-refractivity contribution is -0.137. The quantitative estimate of drug-likeness (QED) is 0.557. The summed E-state index contributed by atoms with van der Waals surface area (Å²) in [6, 6.07) is 11.9. The van der Waals surface area contributed by atoms with Crippen LogP contribution in [0, 0.1) is 6.92 Å². The van der Waals surface area contributed by atoms with Crippen LogP contribution < -0.4 is 15.1 Å². The number of anilines is 3. The Morgan fingerprint density at radius 1 is 1.15 bits per heavy atom. The monoisotopic (exact) mass is 453 g/mol. The van der Waals surface area contributed by atoms with Crippen LogP contribution >= 0.6 is 0 Å². The Morgan fingerprint density at radius 2 is 2.00 bits per heavy atom. The first-order valence-electron chi connectivity index (χ1n) is 10.8. The molecule has 2 bridgehead atoms. The van der Waals surface area contributed by atoms with Gasteiger partial charge < -0.3 is 4.90 Å². The molecule has 4 heterocycles. The number of halogens is 3. The Labute approximate surface area is 189 Å². The number of piperidine rings is 1. The Morgan fingerprint density at radius 3 is 2.79 bits per heavy atom. The number of benzene rings is 1. The maximum Gasteiger partial charge on any atom is 0.416 e. The summed E-state index contributed by atoms with van der Waals surface area (Å²) in [6.07, 6.45) is -1.08. The summed E-state index contributed by atoms with van der Waals surface area (Å²) in [7, 11) is 0. The lowest BCUT2D eigenvalue weighted by Crippen LogP contribution is -2.56. The van der Waals surface area contributed by atoms with Crippen molar-refractivity contribution >= 4 is 23.4 Å². The number of aryl methyl sites for hydroxylation is 1. The zero-order valence-electron chi connectivity index (χ0n) is 17.9. The van der Waals surface area contributed by atoms with Crippen molar-refractivity contribution in [2.45, 2.75) is 32.0 Å². The van der Waals surface area contributed by atoms with Crippen LogP contribution in [0.1, 0.15) is 24.0 Å². The van der Waals surface area contributed by atoms with Crippen LogP contribution in [0.25, 0.3) is 11.3 Å². The lowest BCUT2D eigenvalue weighted by atomic mass is 9.99. The van der Waals surface area contributed by atoms with Crippen LogP contribution in [0.4, 0.5) is 35.3 Å². The van der Waals surface area contributed by atoms with Gasteiger partial charge in [-0.25, -0.2) is 14.8 Å². The molecule has 9 heteroatoms. The molecular weight excluding hydrogens is 431 g/mol. The number of alkyl halides is 3. The van der Waals surface area contributed by atoms with Gasteiger partial charge >= 0.3 is 12.2 Å². The van der Waals surface area contributed by atoms with Gasteiger partial charge in [-0.1, -0.05) is 18.2 Å². The number of hydrogen-bond donors (Lipinski definition) is 1. The van der Waals surface area contributed by atoms with Crippen LogP contribution in [0.3, 0.4) is 0 Å². The molecule has 2 aliphatic heterocycles. The number of hydrogen-bond acceptors (Lipinski definition) is 4. The van der Waals surface area contributed by atoms with Crippen molar-refractivity contribution in [2.24, 2.45) is 0 Å². The highest BCUT2D eigenvalue weighted by Gasteiger charge is 2.38. The summed E-state index contributed by atoms with van der Waals surface area (Å²) in [4.78, 5) is 26.1. The molecule has 1 aromatic carbocycles. The molecule has 2 aromatic heterocycles. The summed E-state index contributed by atoms with van der Waals surface area (Å²) < 4.78 is 39.7. The summed E-state index contributed by atoms with van der Waals surface area (Å²) in [6.45, 7) is 3.40. The van der Waals surface area contributed by atoms with Crippen LogP contribution in [-0.4, -0.2) is 35.1 Å². The van der Waals surface area contributed by atoms with Gasteiger partial charge in [-0.3, -0.25) is 10.2 Å². The standard InChI is InChI=1S/C24H22F3N5O/c1-15-5-3-11-28-21(15)30-23(33)32-18-8-4-12-31(14-18)20-10-9-19(29-22(20)32)16-6-2-7-17(13-16)24(25,26)27/h2-3,5-7,9-11,13,18H,4,8,12,14H2,1H3,(H,28,30,33)/t18-/m0/s1. The molecule has 5 rings (SSSR count). The van der Waals surface area contributed by atoms with Crippen LogP contribution in [0.5, 0.6) is 0 Å². The second-order valence-corrected chi connectivity index (χ2v) is 8.33. The van der Waals surface area contributed by atoms with Gasteiger partial charge in [0.2, 0.25) is 0 Å². The van der Waals surface area contributed by atoms with E-state index in [-0.39, 0.29) is 12.1 Å². The second-order valence-electron chi connectivity index (χ2n) is 8.33. The molecule has 2 amide bonds. The Kier molecular flexibility index (Phi) is 5.19. The molecule has 0 aliphatic carbocycles. The Balaban J connectivity index is 1.55. The number of amides is 2. The van der Waals surface area contributed by atoms with E-state index in [9.17, 15) is 18.0 Å². The fourth-order valence-corrected chi connectivity index (χ4v) is 4.48. The van der Waals surface area contributed by atoms with E-state index in [2.05, 4.69) is 15.2 Å². The Bertz CT molecular complexity index is 1210. The van der Waals surface area contributed by atoms with E-state index >= 15 is 0 Å². The molecule has 0 radical (unpaired) electrons. The molecule has 6 nitrogen and oxygen atoms in total. The van der Waals surface area contributed by atoms with E-state index in [0.29, 0.717) is 29.4 Å². The maximum absolute atomic E-state index is 13.4. The molecule has 1 atom stereocenters. The number of carbonyl (C=O) groups is 1. The fourth-order valence-electron chi connectivity index (χ4n) is 4.48. The summed E-state index contributed by atoms with van der Waals surface area (Å²) in [5.41, 5.74) is 1.63. The molecule has 33 heavy (non-hydrogen) atoms. The number of fused-ring (bicyclic) bond motifs is 4. The van der Waals surface area contributed by atoms with Gasteiger partial charge in [-0.2, -0.15) is 13.2 Å². The maximum atomic E-state index is 13.4. The van der Waals surface area contributed by atoms with Crippen LogP contribution in [0.15, 0.2) is 54.7 Å². The average molecular weight is 453 g/mol. The van der Waals surface area contributed by atoms with Crippen LogP contribution in [-0.2, 0) is 6.18 Å². The normalized spacial score (nSPS) is 17.5. The van der Waals surface area contributed by atoms with Crippen molar-refractivity contribution in [3.63, 3.8) is 0 Å². The van der Waals surface area contributed by atoms with Gasteiger partial charge in [0.15, 0.2) is 5.82 Å². The molecule has 1 N–H and O–H groups in total. The molecule has 0 unspecified atom stereocenters. The van der Waals surface area contributed by atoms with Gasteiger partial charge in [0.05, 0.1) is 23.0 Å². The zero-order chi connectivity index (χ0) is 23.2. The molecular formula is C24H22F3N5O. The van der Waals surface area contributed by atoms with E-state index in [0.717, 1.165) is 42.8 Å². The third-order valence-corrected chi connectivity index (χ3v) is 6.12. The number of urea groups is 1. The molecule has 0 saturated carbocycles. The van der Waals surface area contributed by atoms with Gasteiger partial charge in [0.1, 0.15) is 5.82 Å². The molecule has 1 saturated heterocycles. The molecule has 0 spiro atoms. The van der Waals surface area contributed by atoms with E-state index in [1.165, 1.54) is 6.07 Å². The van der Waals surface area contributed by atoms with Crippen molar-refractivity contribution in [3.8, 4) is 11.3 Å². The number of nitrogens with zero attached hydrogens (tertiary/aromatic N) is 4. The number of rotatable bonds is 2. The highest BCUT2D eigenvalue weighted by Crippen LogP contribution is 2.40. The first kappa shape index (κ1) is 21.2. The third kappa shape index (κ3) is 3.99. The summed E-state index contributed by atoms with van der Waals surface area (Å²) >= 11 is 0. The topological polar surface area (TPSA) is 61.4 Å². The minimum absolute atomic E-state index is 0.0838. The van der Waals surface area contributed by atoms with Gasteiger partial charge in [-0.05, 0) is 55.7 Å². The van der Waals surface area contributed by atoms with E-state index < -0.39 is 11.7 Å². The van der Waals surface area contributed by atoms with E-state index in [1.807, 2.05) is 19.1 Å². The number of carbonyl (C=O) groups excluding carboxylic acids is 1. The average Bonchev–Trinajstić information content (AvgIpc) is 2.80. The van der Waals surface area contributed by atoms with E-state index in [4.69, 9.17) is 4.98 Å². The van der Waals surface area contributed by atoms with Crippen molar-refractivity contribution in [3.05, 3.63) is 65.9 Å². The van der Waals surface area contributed by atoms with Crippen LogP contribution in [0.2, 0.25) is 0 Å². The van der Waals surface area contributed by atoms with Gasteiger partial charge in [-0.15, -0.1) is 0 Å². The highest BCUT2D eigenvalue weighted by molar-refractivity contribution is 6.04. The molecule has 3 aromatic rings. The lowest BCUT2D eigenvalue weighted by Gasteiger charge is -2.45. The van der Waals surface area contributed by atoms with Gasteiger partial charge in [0.25, 0.3) is 0 Å². The SMILES string of the molecule is Cc1cccnc1NC(=O)N1c2nc(-c3cccc(C(F)(F)F)c3)ccc2N2CCC[C@H]1C2. The first-order chi connectivity index (χ1) is 15.8. The fraction of sp³-hybridized carbons (Fsp3) is 0.292. The highest BCUT2D eigenvalue weighted by atomic mass is 19.4. The predicted octanol–water partition coefficient (Wildman–Crippen LogP) is 5.49. The largest absolute Gasteiger partial charge is 0.416 e. The smallest absolute Gasteiger partial charge is 0.366 e. The van der Waals surface area contributed by atoms with Gasteiger partial charge in [0, 0.05) is 24.8 Å². The van der Waals surface area contributed by atoms with Crippen molar-refractivity contribution in [2.75, 3.05) is 28.2 Å². The number of pyridine rings is 2. The molecule has 170 valence electrons. The minimum atomic E-state index is -4.45.